The van der Waals surface area contributed by atoms with E-state index in [-0.39, 0.29) is 17.9 Å². The van der Waals surface area contributed by atoms with E-state index in [0.717, 1.165) is 0 Å². The highest BCUT2D eigenvalue weighted by molar-refractivity contribution is 5.87. The summed E-state index contributed by atoms with van der Waals surface area (Å²) in [6, 6.07) is 4.59. The molecule has 0 bridgehead atoms. The highest BCUT2D eigenvalue weighted by Gasteiger charge is 2.57. The number of hydrogen-bond acceptors (Lipinski definition) is 12. The van der Waals surface area contributed by atoms with E-state index in [4.69, 9.17) is 23.7 Å². The van der Waals surface area contributed by atoms with Gasteiger partial charge < -0.3 is 54.3 Å². The highest BCUT2D eigenvalue weighted by Crippen LogP contribution is 2.48. The minimum absolute atomic E-state index is 0.0340. The molecule has 1 saturated heterocycles. The topological polar surface area (TPSA) is 185 Å². The van der Waals surface area contributed by atoms with E-state index < -0.39 is 73.1 Å². The monoisotopic (exact) mass is 524 g/mol. The lowest BCUT2D eigenvalue weighted by molar-refractivity contribution is -0.346. The zero-order valence-electron chi connectivity index (χ0n) is 20.3. The molecule has 6 N–H and O–H groups in total. The van der Waals surface area contributed by atoms with Crippen molar-refractivity contribution in [2.24, 2.45) is 11.8 Å². The molecule has 0 radical (unpaired) electrons. The largest absolute Gasteiger partial charge is 0.504 e. The fraction of sp³-hybridized carbons (Fsp3) is 0.560. The quantitative estimate of drug-likeness (QED) is 0.197. The number of aliphatic hydroxyl groups is 5. The van der Waals surface area contributed by atoms with Gasteiger partial charge in [0.25, 0.3) is 0 Å². The van der Waals surface area contributed by atoms with Crippen molar-refractivity contribution in [3.05, 3.63) is 42.2 Å². The lowest BCUT2D eigenvalue weighted by Gasteiger charge is -2.43. The normalized spacial score (nSPS) is 39.3. The number of methoxy groups -OCH3 is 1. The van der Waals surface area contributed by atoms with E-state index in [1.165, 1.54) is 31.6 Å². The number of hydrogen-bond donors (Lipinski definition) is 6. The van der Waals surface area contributed by atoms with Gasteiger partial charge in [0, 0.05) is 18.4 Å². The molecule has 1 saturated carbocycles. The molecule has 10 atom stereocenters. The Kier molecular flexibility index (Phi) is 8.09. The summed E-state index contributed by atoms with van der Waals surface area (Å²) in [6.45, 7) is 0.922. The molecule has 12 heteroatoms. The molecular formula is C25H32O12. The van der Waals surface area contributed by atoms with Crippen molar-refractivity contribution in [1.82, 2.24) is 0 Å². The van der Waals surface area contributed by atoms with E-state index in [0.29, 0.717) is 5.56 Å². The minimum Gasteiger partial charge on any atom is -0.504 e. The molecule has 0 amide bonds. The van der Waals surface area contributed by atoms with Crippen molar-refractivity contribution in [2.45, 2.75) is 62.0 Å². The van der Waals surface area contributed by atoms with Crippen molar-refractivity contribution in [3.8, 4) is 11.5 Å². The highest BCUT2D eigenvalue weighted by atomic mass is 16.8. The summed E-state index contributed by atoms with van der Waals surface area (Å²) < 4.78 is 27.4. The SMILES string of the molecule is COc1cc(/C=C/C(=O)OC2C[C@](C)(O)[C@H]3[C@H](O[C@@H]4O[C@H](CO)[C@@H](O)[C@H](O)[C@H]4O)OC=C[C@@H]23)ccc1O. The van der Waals surface area contributed by atoms with Crippen LogP contribution in [0.5, 0.6) is 11.5 Å². The van der Waals surface area contributed by atoms with Crippen molar-refractivity contribution in [3.63, 3.8) is 0 Å². The van der Waals surface area contributed by atoms with E-state index >= 15 is 0 Å². The molecule has 12 nitrogen and oxygen atoms in total. The summed E-state index contributed by atoms with van der Waals surface area (Å²) in [5.74, 6) is -1.69. The molecule has 2 heterocycles. The van der Waals surface area contributed by atoms with Crippen LogP contribution in [0, 0.1) is 11.8 Å². The fourth-order valence-corrected chi connectivity index (χ4v) is 5.04. The van der Waals surface area contributed by atoms with Crippen LogP contribution in [0.3, 0.4) is 0 Å². The number of fused-ring (bicyclic) bond motifs is 1. The van der Waals surface area contributed by atoms with Crippen molar-refractivity contribution in [2.75, 3.05) is 13.7 Å². The summed E-state index contributed by atoms with van der Waals surface area (Å²) in [6.07, 6.45) is -3.58. The number of benzene rings is 1. The second-order valence-electron chi connectivity index (χ2n) is 9.57. The minimum atomic E-state index is -1.64. The molecule has 0 spiro atoms. The maximum absolute atomic E-state index is 12.6. The standard InChI is InChI=1S/C25H32O12/c1-25(32)10-16(35-18(28)6-4-12-3-5-14(27)15(9-12)33-2)13-7-8-34-23(19(13)25)37-24-22(31)21(30)20(29)17(11-26)36-24/h3-9,13,16-17,19-24,26-27,29-32H,10-11H2,1-2H3/b6-4+/t13-,16?,17+,19+,20+,21-,22+,23-,24-,25-/m0/s1. The molecule has 3 aliphatic rings. The molecule has 204 valence electrons. The zero-order chi connectivity index (χ0) is 26.9. The number of ether oxygens (including phenoxy) is 5. The predicted molar refractivity (Wildman–Crippen MR) is 125 cm³/mol. The van der Waals surface area contributed by atoms with Gasteiger partial charge in [-0.1, -0.05) is 6.07 Å². The van der Waals surface area contributed by atoms with Gasteiger partial charge in [0.2, 0.25) is 6.29 Å². The average molecular weight is 525 g/mol. The van der Waals surface area contributed by atoms with Crippen molar-refractivity contribution in [1.29, 1.82) is 0 Å². The summed E-state index contributed by atoms with van der Waals surface area (Å²) in [5.41, 5.74) is -0.811. The van der Waals surface area contributed by atoms with Crippen LogP contribution in [-0.4, -0.2) is 99.0 Å². The van der Waals surface area contributed by atoms with E-state index in [1.54, 1.807) is 25.1 Å². The average Bonchev–Trinajstić information content (AvgIpc) is 3.13. The number of esters is 1. The summed E-state index contributed by atoms with van der Waals surface area (Å²) in [4.78, 5) is 12.6. The fourth-order valence-electron chi connectivity index (χ4n) is 5.04. The smallest absolute Gasteiger partial charge is 0.331 e. The number of aromatic hydroxyl groups is 1. The van der Waals surface area contributed by atoms with Crippen LogP contribution in [0.1, 0.15) is 18.9 Å². The molecule has 37 heavy (non-hydrogen) atoms. The number of carbonyl (C=O) groups excluding carboxylic acids is 1. The molecule has 1 aromatic carbocycles. The van der Waals surface area contributed by atoms with Crippen LogP contribution in [0.4, 0.5) is 0 Å². The van der Waals surface area contributed by atoms with Crippen LogP contribution < -0.4 is 4.74 Å². The molecule has 2 aliphatic heterocycles. The van der Waals surface area contributed by atoms with E-state index in [1.807, 2.05) is 0 Å². The van der Waals surface area contributed by atoms with E-state index in [9.17, 15) is 35.4 Å². The molecular weight excluding hydrogens is 492 g/mol. The van der Waals surface area contributed by atoms with Crippen LogP contribution in [0.2, 0.25) is 0 Å². The van der Waals surface area contributed by atoms with Gasteiger partial charge in [0.05, 0.1) is 31.5 Å². The summed E-state index contributed by atoms with van der Waals surface area (Å²) in [5, 5.41) is 60.6. The van der Waals surface area contributed by atoms with Crippen LogP contribution >= 0.6 is 0 Å². The van der Waals surface area contributed by atoms with Crippen LogP contribution in [0.15, 0.2) is 36.6 Å². The summed E-state index contributed by atoms with van der Waals surface area (Å²) in [7, 11) is 1.41. The van der Waals surface area contributed by atoms with Gasteiger partial charge in [0.1, 0.15) is 30.5 Å². The third kappa shape index (κ3) is 5.60. The third-order valence-corrected chi connectivity index (χ3v) is 6.98. The van der Waals surface area contributed by atoms with Gasteiger partial charge in [-0.3, -0.25) is 0 Å². The first-order valence-corrected chi connectivity index (χ1v) is 11.8. The Hall–Kier alpha value is -2.71. The number of carbonyl (C=O) groups is 1. The second-order valence-corrected chi connectivity index (χ2v) is 9.57. The van der Waals surface area contributed by atoms with Crippen molar-refractivity contribution >= 4 is 12.0 Å². The molecule has 1 aliphatic carbocycles. The van der Waals surface area contributed by atoms with Gasteiger partial charge in [-0.25, -0.2) is 4.79 Å². The van der Waals surface area contributed by atoms with E-state index in [2.05, 4.69) is 0 Å². The third-order valence-electron chi connectivity index (χ3n) is 6.98. The molecule has 4 rings (SSSR count). The Labute approximate surface area is 212 Å². The molecule has 1 unspecified atom stereocenters. The first kappa shape index (κ1) is 27.3. The molecule has 2 fully saturated rings. The van der Waals surface area contributed by atoms with Gasteiger partial charge in [0.15, 0.2) is 17.8 Å². The first-order chi connectivity index (χ1) is 17.6. The Morgan fingerprint density at radius 1 is 1.19 bits per heavy atom. The van der Waals surface area contributed by atoms with Crippen molar-refractivity contribution < 1.29 is 59.1 Å². The van der Waals surface area contributed by atoms with Crippen LogP contribution in [0.25, 0.3) is 6.08 Å². The van der Waals surface area contributed by atoms with Crippen LogP contribution in [-0.2, 0) is 23.7 Å². The van der Waals surface area contributed by atoms with Gasteiger partial charge in [-0.2, -0.15) is 0 Å². The zero-order valence-corrected chi connectivity index (χ0v) is 20.3. The Bertz CT molecular complexity index is 1020. The van der Waals surface area contributed by atoms with Gasteiger partial charge in [-0.05, 0) is 36.8 Å². The molecule has 0 aromatic heterocycles. The first-order valence-electron chi connectivity index (χ1n) is 11.8. The summed E-state index contributed by atoms with van der Waals surface area (Å²) >= 11 is 0. The lowest BCUT2D eigenvalue weighted by Crippen LogP contribution is -2.60. The lowest BCUT2D eigenvalue weighted by atomic mass is 9.85. The maximum Gasteiger partial charge on any atom is 0.331 e. The van der Waals surface area contributed by atoms with Gasteiger partial charge in [-0.15, -0.1) is 0 Å². The number of phenolic OH excluding ortho intramolecular Hbond substituents is 1. The Balaban J connectivity index is 1.44. The number of aliphatic hydroxyl groups excluding tert-OH is 4. The Morgan fingerprint density at radius 3 is 2.65 bits per heavy atom. The maximum atomic E-state index is 12.6. The van der Waals surface area contributed by atoms with Gasteiger partial charge >= 0.3 is 5.97 Å². The second kappa shape index (κ2) is 11.0. The predicted octanol–water partition coefficient (Wildman–Crippen LogP) is -0.601. The molecule has 1 aromatic rings. The number of rotatable bonds is 7. The number of phenols is 1. The Morgan fingerprint density at radius 2 is 1.95 bits per heavy atom.